The summed E-state index contributed by atoms with van der Waals surface area (Å²) in [5, 5.41) is 4.60. The quantitative estimate of drug-likeness (QED) is 0.487. The fraction of sp³-hybridized carbons (Fsp3) is 0.625. The van der Waals surface area contributed by atoms with Crippen molar-refractivity contribution >= 4 is 9.84 Å². The third kappa shape index (κ3) is 4.85. The zero-order valence-corrected chi connectivity index (χ0v) is 20.0. The summed E-state index contributed by atoms with van der Waals surface area (Å²) in [5.74, 6) is 0.449. The summed E-state index contributed by atoms with van der Waals surface area (Å²) in [4.78, 5) is -0.293. The molecule has 1 aromatic heterocycles. The number of hydrogen-bond acceptors (Lipinski definition) is 4. The summed E-state index contributed by atoms with van der Waals surface area (Å²) in [6.45, 7) is 3.71. The minimum absolute atomic E-state index is 0.165. The van der Waals surface area contributed by atoms with Crippen LogP contribution in [0.2, 0.25) is 0 Å². The van der Waals surface area contributed by atoms with Gasteiger partial charge in [-0.1, -0.05) is 25.8 Å². The minimum atomic E-state index is -4.61. The van der Waals surface area contributed by atoms with Crippen LogP contribution in [0.3, 0.4) is 0 Å². The van der Waals surface area contributed by atoms with E-state index in [9.17, 15) is 21.6 Å². The van der Waals surface area contributed by atoms with Gasteiger partial charge in [-0.25, -0.2) is 8.42 Å². The third-order valence-electron chi connectivity index (χ3n) is 6.89. The van der Waals surface area contributed by atoms with Crippen LogP contribution in [0.5, 0.6) is 0 Å². The molecule has 3 atom stereocenters. The maximum Gasteiger partial charge on any atom is 0.416 e. The maximum atomic E-state index is 13.7. The maximum absolute atomic E-state index is 13.7. The van der Waals surface area contributed by atoms with Gasteiger partial charge in [-0.2, -0.15) is 18.3 Å². The molecule has 1 saturated carbocycles. The number of halogens is 3. The Morgan fingerprint density at radius 2 is 1.94 bits per heavy atom. The first-order valence-electron chi connectivity index (χ1n) is 11.6. The monoisotopic (exact) mass is 484 g/mol. The summed E-state index contributed by atoms with van der Waals surface area (Å²) < 4.78 is 74.2. The lowest BCUT2D eigenvalue weighted by Gasteiger charge is -2.42. The van der Waals surface area contributed by atoms with Gasteiger partial charge in [0, 0.05) is 13.0 Å². The van der Waals surface area contributed by atoms with Gasteiger partial charge >= 0.3 is 6.18 Å². The van der Waals surface area contributed by atoms with Crippen molar-refractivity contribution in [1.82, 2.24) is 9.78 Å². The van der Waals surface area contributed by atoms with Crippen molar-refractivity contribution in [3.8, 4) is 0 Å². The van der Waals surface area contributed by atoms with E-state index in [1.807, 2.05) is 13.1 Å². The predicted octanol–water partition coefficient (Wildman–Crippen LogP) is 5.96. The lowest BCUT2D eigenvalue weighted by molar-refractivity contribution is -0.137. The van der Waals surface area contributed by atoms with Gasteiger partial charge in [-0.3, -0.25) is 4.68 Å². The van der Waals surface area contributed by atoms with Crippen molar-refractivity contribution in [2.75, 3.05) is 0 Å². The van der Waals surface area contributed by atoms with Crippen LogP contribution in [0, 0.1) is 0 Å². The second-order valence-corrected chi connectivity index (χ2v) is 12.1. The van der Waals surface area contributed by atoms with E-state index in [0.29, 0.717) is 12.3 Å². The van der Waals surface area contributed by atoms with Crippen molar-refractivity contribution in [1.29, 1.82) is 0 Å². The number of sulfone groups is 1. The largest absolute Gasteiger partial charge is 0.416 e. The summed E-state index contributed by atoms with van der Waals surface area (Å²) >= 11 is 0. The molecule has 1 saturated heterocycles. The molecule has 2 aromatic rings. The highest BCUT2D eigenvalue weighted by molar-refractivity contribution is 7.92. The van der Waals surface area contributed by atoms with Crippen LogP contribution in [0.25, 0.3) is 0 Å². The molecule has 0 bridgehead atoms. The number of ether oxygens (including phenoxy) is 1. The number of unbranched alkanes of at least 4 members (excludes halogenated alkanes) is 1. The molecule has 1 aliphatic heterocycles. The molecular formula is C24H31F3N2O3S. The zero-order chi connectivity index (χ0) is 24.0. The summed E-state index contributed by atoms with van der Waals surface area (Å²) in [7, 11) is -2.23. The number of alkyl halides is 3. The zero-order valence-electron chi connectivity index (χ0n) is 19.2. The number of rotatable bonds is 7. The van der Waals surface area contributed by atoms with E-state index in [2.05, 4.69) is 12.0 Å². The van der Waals surface area contributed by atoms with Crippen LogP contribution in [0.15, 0.2) is 35.2 Å². The topological polar surface area (TPSA) is 61.2 Å². The van der Waals surface area contributed by atoms with E-state index in [0.717, 1.165) is 55.3 Å². The van der Waals surface area contributed by atoms with E-state index < -0.39 is 32.4 Å². The van der Waals surface area contributed by atoms with E-state index in [-0.39, 0.29) is 23.8 Å². The van der Waals surface area contributed by atoms with Crippen molar-refractivity contribution in [2.45, 2.75) is 92.7 Å². The van der Waals surface area contributed by atoms with Gasteiger partial charge in [-0.05, 0) is 63.3 Å². The Bertz CT molecular complexity index is 1110. The molecule has 0 radical (unpaired) electrons. The highest BCUT2D eigenvalue weighted by Crippen LogP contribution is 2.47. The first-order chi connectivity index (χ1) is 15.4. The van der Waals surface area contributed by atoms with Crippen LogP contribution < -0.4 is 0 Å². The molecule has 1 aromatic carbocycles. The Hall–Kier alpha value is -1.87. The number of aryl methyl sites for hydroxylation is 1. The van der Waals surface area contributed by atoms with Gasteiger partial charge in [0.1, 0.15) is 6.10 Å². The van der Waals surface area contributed by atoms with Gasteiger partial charge < -0.3 is 4.74 Å². The molecule has 9 heteroatoms. The summed E-state index contributed by atoms with van der Waals surface area (Å²) in [6, 6.07) is 6.07. The van der Waals surface area contributed by atoms with Crippen molar-refractivity contribution in [2.24, 2.45) is 7.05 Å². The smallest absolute Gasteiger partial charge is 0.369 e. The highest BCUT2D eigenvalue weighted by Gasteiger charge is 2.49. The van der Waals surface area contributed by atoms with E-state index in [1.54, 1.807) is 11.6 Å². The second kappa shape index (κ2) is 8.73. The average molecular weight is 485 g/mol. The molecule has 33 heavy (non-hydrogen) atoms. The number of hydrogen-bond donors (Lipinski definition) is 0. The molecule has 0 amide bonds. The Balaban J connectivity index is 1.70. The molecule has 182 valence electrons. The molecule has 3 unspecified atom stereocenters. The van der Waals surface area contributed by atoms with Gasteiger partial charge in [0.25, 0.3) is 0 Å². The van der Waals surface area contributed by atoms with Crippen molar-refractivity contribution < 1.29 is 26.3 Å². The van der Waals surface area contributed by atoms with Crippen LogP contribution in [0.1, 0.15) is 87.8 Å². The lowest BCUT2D eigenvalue weighted by Crippen LogP contribution is -2.46. The Labute approximate surface area is 193 Å². The van der Waals surface area contributed by atoms with Crippen LogP contribution in [0.4, 0.5) is 13.2 Å². The van der Waals surface area contributed by atoms with Crippen LogP contribution in [-0.4, -0.2) is 29.0 Å². The van der Waals surface area contributed by atoms with Gasteiger partial charge in [0.2, 0.25) is 0 Å². The van der Waals surface area contributed by atoms with Gasteiger partial charge in [0.05, 0.1) is 32.7 Å². The van der Waals surface area contributed by atoms with E-state index >= 15 is 0 Å². The molecule has 4 rings (SSSR count). The molecule has 1 aliphatic carbocycles. The number of aromatic nitrogens is 2. The molecule has 0 spiro atoms. The molecule has 0 N–H and O–H groups in total. The van der Waals surface area contributed by atoms with E-state index in [4.69, 9.17) is 4.74 Å². The van der Waals surface area contributed by atoms with E-state index in [1.165, 1.54) is 6.07 Å². The number of benzene rings is 1. The first-order valence-corrected chi connectivity index (χ1v) is 13.0. The summed E-state index contributed by atoms with van der Waals surface area (Å²) in [5.41, 5.74) is 0.858. The van der Waals surface area contributed by atoms with Gasteiger partial charge in [0.15, 0.2) is 9.84 Å². The molecule has 2 heterocycles. The molecule has 2 aliphatic rings. The standard InChI is InChI=1S/C24H31F3N2O3S/c1-4-5-8-18-14-23(2,33(30,31)19-9-6-7-17(12-19)24(25,26)27)15-22(32-18)21-13-20(16-10-11-16)28-29(21)3/h6-7,9,12-13,16,18,22H,4-5,8,10-11,14-15H2,1-3H3. The highest BCUT2D eigenvalue weighted by atomic mass is 32.2. The normalized spacial score (nSPS) is 26.5. The first kappa shape index (κ1) is 24.3. The van der Waals surface area contributed by atoms with Crippen LogP contribution in [-0.2, 0) is 27.8 Å². The molecular weight excluding hydrogens is 453 g/mol. The fourth-order valence-corrected chi connectivity index (χ4v) is 6.67. The third-order valence-corrected chi connectivity index (χ3v) is 9.40. The molecule has 2 fully saturated rings. The molecule has 5 nitrogen and oxygen atoms in total. The lowest BCUT2D eigenvalue weighted by atomic mass is 9.89. The Morgan fingerprint density at radius 1 is 1.21 bits per heavy atom. The minimum Gasteiger partial charge on any atom is -0.369 e. The fourth-order valence-electron chi connectivity index (χ4n) is 4.79. The Kier molecular flexibility index (Phi) is 6.41. The summed E-state index contributed by atoms with van der Waals surface area (Å²) in [6.07, 6.45) is -0.256. The average Bonchev–Trinajstić information content (AvgIpc) is 3.53. The van der Waals surface area contributed by atoms with Gasteiger partial charge in [-0.15, -0.1) is 0 Å². The predicted molar refractivity (Wildman–Crippen MR) is 119 cm³/mol. The SMILES string of the molecule is CCCCC1CC(C)(S(=O)(=O)c2cccc(C(F)(F)F)c2)CC(c2cc(C3CC3)nn2C)O1. The Morgan fingerprint density at radius 3 is 2.58 bits per heavy atom. The second-order valence-electron chi connectivity index (χ2n) is 9.67. The van der Waals surface area contributed by atoms with Crippen LogP contribution >= 0.6 is 0 Å². The van der Waals surface area contributed by atoms with Crippen molar-refractivity contribution in [3.05, 3.63) is 47.3 Å². The van der Waals surface area contributed by atoms with Crippen molar-refractivity contribution in [3.63, 3.8) is 0 Å². The number of nitrogens with zero attached hydrogens (tertiary/aromatic N) is 2.